The van der Waals surface area contributed by atoms with E-state index in [9.17, 15) is 18.5 Å². The van der Waals surface area contributed by atoms with Gasteiger partial charge in [0, 0.05) is 18.7 Å². The van der Waals surface area contributed by atoms with Crippen LogP contribution >= 0.6 is 11.3 Å². The van der Waals surface area contributed by atoms with Crippen molar-refractivity contribution >= 4 is 32.0 Å². The van der Waals surface area contributed by atoms with Crippen LogP contribution in [0, 0.1) is 10.1 Å². The standard InChI is InChI=1S/C11H18N4O4S2/c1-2-14-5-3-4-8(7-14)13-21(18,19)10-6-9(15(16)17)11(12)20-10/h6,8,13H,2-5,7,12H2,1H3. The SMILES string of the molecule is CCN1CCCC(NS(=O)(=O)c2cc([N+](=O)[O-])c(N)s2)C1. The van der Waals surface area contributed by atoms with Crippen LogP contribution in [0.25, 0.3) is 0 Å². The summed E-state index contributed by atoms with van der Waals surface area (Å²) in [4.78, 5) is 12.2. The molecule has 8 nitrogen and oxygen atoms in total. The largest absolute Gasteiger partial charge is 0.385 e. The van der Waals surface area contributed by atoms with Crippen molar-refractivity contribution in [2.24, 2.45) is 0 Å². The number of nitrogen functional groups attached to an aromatic ring is 1. The molecule has 2 rings (SSSR count). The zero-order valence-electron chi connectivity index (χ0n) is 11.6. The summed E-state index contributed by atoms with van der Waals surface area (Å²) >= 11 is 0.717. The Morgan fingerprint density at radius 1 is 1.62 bits per heavy atom. The average molecular weight is 334 g/mol. The maximum Gasteiger partial charge on any atom is 0.304 e. The van der Waals surface area contributed by atoms with Gasteiger partial charge in [-0.1, -0.05) is 18.3 Å². The molecule has 21 heavy (non-hydrogen) atoms. The number of nitrogens with two attached hydrogens (primary N) is 1. The Balaban J connectivity index is 2.15. The van der Waals surface area contributed by atoms with Gasteiger partial charge in [-0.05, 0) is 25.9 Å². The van der Waals surface area contributed by atoms with Gasteiger partial charge in [0.05, 0.1) is 4.92 Å². The van der Waals surface area contributed by atoms with Crippen molar-refractivity contribution in [3.05, 3.63) is 16.2 Å². The third-order valence-corrected chi connectivity index (χ3v) is 6.40. The van der Waals surface area contributed by atoms with E-state index in [1.54, 1.807) is 0 Å². The third-order valence-electron chi connectivity index (χ3n) is 3.45. The number of nitrogens with zero attached hydrogens (tertiary/aromatic N) is 2. The molecule has 1 aliphatic heterocycles. The number of nitrogens with one attached hydrogen (secondary N) is 1. The van der Waals surface area contributed by atoms with Crippen LogP contribution in [0.1, 0.15) is 19.8 Å². The van der Waals surface area contributed by atoms with E-state index in [-0.39, 0.29) is 20.9 Å². The van der Waals surface area contributed by atoms with Gasteiger partial charge in [-0.2, -0.15) is 0 Å². The molecule has 1 aromatic rings. The molecule has 1 fully saturated rings. The molecular formula is C11H18N4O4S2. The monoisotopic (exact) mass is 334 g/mol. The van der Waals surface area contributed by atoms with Gasteiger partial charge in [-0.15, -0.1) is 0 Å². The van der Waals surface area contributed by atoms with Crippen LogP contribution in [0.15, 0.2) is 10.3 Å². The lowest BCUT2D eigenvalue weighted by Gasteiger charge is -2.31. The van der Waals surface area contributed by atoms with Gasteiger partial charge in [0.25, 0.3) is 10.0 Å². The van der Waals surface area contributed by atoms with Crippen molar-refractivity contribution in [1.82, 2.24) is 9.62 Å². The summed E-state index contributed by atoms with van der Waals surface area (Å²) in [6, 6.07) is 0.842. The van der Waals surface area contributed by atoms with Crippen molar-refractivity contribution in [2.45, 2.75) is 30.0 Å². The topological polar surface area (TPSA) is 119 Å². The van der Waals surface area contributed by atoms with Crippen LogP contribution in [-0.2, 0) is 10.0 Å². The summed E-state index contributed by atoms with van der Waals surface area (Å²) in [6.07, 6.45) is 1.69. The van der Waals surface area contributed by atoms with Crippen LogP contribution in [0.2, 0.25) is 0 Å². The molecule has 1 atom stereocenters. The molecule has 0 spiro atoms. The first kappa shape index (κ1) is 16.1. The van der Waals surface area contributed by atoms with E-state index in [4.69, 9.17) is 5.73 Å². The highest BCUT2D eigenvalue weighted by molar-refractivity contribution is 7.91. The molecule has 10 heteroatoms. The smallest absolute Gasteiger partial charge is 0.304 e. The molecule has 0 radical (unpaired) electrons. The summed E-state index contributed by atoms with van der Waals surface area (Å²) in [7, 11) is -3.77. The van der Waals surface area contributed by atoms with Crippen LogP contribution in [0.3, 0.4) is 0 Å². The summed E-state index contributed by atoms with van der Waals surface area (Å²) < 4.78 is 27.1. The minimum atomic E-state index is -3.77. The van der Waals surface area contributed by atoms with E-state index >= 15 is 0 Å². The van der Waals surface area contributed by atoms with Crippen molar-refractivity contribution in [3.8, 4) is 0 Å². The quantitative estimate of drug-likeness (QED) is 0.612. The fraction of sp³-hybridized carbons (Fsp3) is 0.636. The van der Waals surface area contributed by atoms with E-state index in [1.807, 2.05) is 6.92 Å². The Labute approximate surface area is 127 Å². The van der Waals surface area contributed by atoms with E-state index in [2.05, 4.69) is 9.62 Å². The normalized spacial score (nSPS) is 20.5. The Kier molecular flexibility index (Phi) is 4.81. The van der Waals surface area contributed by atoms with Crippen molar-refractivity contribution in [2.75, 3.05) is 25.4 Å². The van der Waals surface area contributed by atoms with Gasteiger partial charge >= 0.3 is 5.69 Å². The maximum absolute atomic E-state index is 12.3. The number of thiophene rings is 1. The number of anilines is 1. The first-order valence-electron chi connectivity index (χ1n) is 6.62. The molecule has 3 N–H and O–H groups in total. The molecule has 1 unspecified atom stereocenters. The molecule has 1 saturated heterocycles. The van der Waals surface area contributed by atoms with Gasteiger partial charge in [0.2, 0.25) is 0 Å². The molecular weight excluding hydrogens is 316 g/mol. The highest BCUT2D eigenvalue weighted by Gasteiger charge is 2.28. The number of likely N-dealkylation sites (tertiary alicyclic amines) is 1. The number of hydrogen-bond donors (Lipinski definition) is 2. The predicted octanol–water partition coefficient (Wildman–Crippen LogP) is 1.00. The third kappa shape index (κ3) is 3.70. The lowest BCUT2D eigenvalue weighted by molar-refractivity contribution is -0.383. The van der Waals surface area contributed by atoms with E-state index < -0.39 is 14.9 Å². The number of likely N-dealkylation sites (N-methyl/N-ethyl adjacent to an activating group) is 1. The molecule has 0 bridgehead atoms. The Morgan fingerprint density at radius 3 is 2.90 bits per heavy atom. The molecule has 0 aliphatic carbocycles. The fourth-order valence-corrected chi connectivity index (χ4v) is 4.86. The predicted molar refractivity (Wildman–Crippen MR) is 80.8 cm³/mol. The fourth-order valence-electron chi connectivity index (χ4n) is 2.36. The van der Waals surface area contributed by atoms with Gasteiger partial charge in [0.15, 0.2) is 5.00 Å². The summed E-state index contributed by atoms with van der Waals surface area (Å²) in [5.74, 6) is 0. The van der Waals surface area contributed by atoms with Crippen LogP contribution in [-0.4, -0.2) is 43.9 Å². The van der Waals surface area contributed by atoms with Crippen molar-refractivity contribution in [3.63, 3.8) is 0 Å². The van der Waals surface area contributed by atoms with Gasteiger partial charge < -0.3 is 10.6 Å². The number of piperidine rings is 1. The second-order valence-corrected chi connectivity index (χ2v) is 7.95. The Bertz CT molecular complexity index is 628. The minimum absolute atomic E-state index is 0.0980. The molecule has 1 aliphatic rings. The second-order valence-electron chi connectivity index (χ2n) is 4.93. The summed E-state index contributed by atoms with van der Waals surface area (Å²) in [5, 5.41) is 10.6. The lowest BCUT2D eigenvalue weighted by Crippen LogP contribution is -2.47. The zero-order valence-corrected chi connectivity index (χ0v) is 13.2. The van der Waals surface area contributed by atoms with Gasteiger partial charge in [-0.25, -0.2) is 13.1 Å². The van der Waals surface area contributed by atoms with Gasteiger partial charge in [0.1, 0.15) is 4.21 Å². The Hall–Kier alpha value is -1.23. The van der Waals surface area contributed by atoms with Crippen LogP contribution in [0.5, 0.6) is 0 Å². The number of sulfonamides is 1. The maximum atomic E-state index is 12.3. The molecule has 0 saturated carbocycles. The molecule has 0 amide bonds. The van der Waals surface area contributed by atoms with Crippen LogP contribution < -0.4 is 10.5 Å². The lowest BCUT2D eigenvalue weighted by atomic mass is 10.1. The van der Waals surface area contributed by atoms with Gasteiger partial charge in [-0.3, -0.25) is 10.1 Å². The first-order valence-corrected chi connectivity index (χ1v) is 8.92. The van der Waals surface area contributed by atoms with E-state index in [0.717, 1.165) is 32.0 Å². The minimum Gasteiger partial charge on any atom is -0.385 e. The van der Waals surface area contributed by atoms with E-state index in [1.165, 1.54) is 0 Å². The Morgan fingerprint density at radius 2 is 2.33 bits per heavy atom. The van der Waals surface area contributed by atoms with Crippen molar-refractivity contribution in [1.29, 1.82) is 0 Å². The number of rotatable bonds is 5. The highest BCUT2D eigenvalue weighted by atomic mass is 32.2. The average Bonchev–Trinajstić information content (AvgIpc) is 2.81. The molecule has 1 aromatic heterocycles. The van der Waals surface area contributed by atoms with Crippen LogP contribution in [0.4, 0.5) is 10.7 Å². The summed E-state index contributed by atoms with van der Waals surface area (Å²) in [5.41, 5.74) is 5.13. The summed E-state index contributed by atoms with van der Waals surface area (Å²) in [6.45, 7) is 4.51. The van der Waals surface area contributed by atoms with E-state index in [0.29, 0.717) is 17.9 Å². The highest BCUT2D eigenvalue weighted by Crippen LogP contribution is 2.34. The molecule has 0 aromatic carbocycles. The molecule has 2 heterocycles. The second kappa shape index (κ2) is 6.26. The first-order chi connectivity index (χ1) is 9.83. The number of hydrogen-bond acceptors (Lipinski definition) is 7. The molecule has 118 valence electrons. The zero-order chi connectivity index (χ0) is 15.6. The van der Waals surface area contributed by atoms with Crippen molar-refractivity contribution < 1.29 is 13.3 Å². The number of nitro groups is 1.